The Balaban J connectivity index is 1.65. The van der Waals surface area contributed by atoms with E-state index in [1.165, 1.54) is 0 Å². The Morgan fingerprint density at radius 2 is 1.88 bits per heavy atom. The van der Waals surface area contributed by atoms with Crippen LogP contribution in [0.15, 0.2) is 42.5 Å². The summed E-state index contributed by atoms with van der Waals surface area (Å²) in [5.74, 6) is -0.461. The van der Waals surface area contributed by atoms with Crippen molar-refractivity contribution in [2.75, 3.05) is 11.9 Å². The van der Waals surface area contributed by atoms with E-state index in [-0.39, 0.29) is 18.4 Å². The summed E-state index contributed by atoms with van der Waals surface area (Å²) in [6.45, 7) is 3.68. The molecule has 0 saturated carbocycles. The van der Waals surface area contributed by atoms with Crippen LogP contribution in [0.1, 0.15) is 20.3 Å². The molecule has 1 fully saturated rings. The van der Waals surface area contributed by atoms with E-state index in [0.717, 1.165) is 15.7 Å². The Morgan fingerprint density at radius 1 is 1.16 bits per heavy atom. The van der Waals surface area contributed by atoms with E-state index in [1.54, 1.807) is 6.07 Å². The summed E-state index contributed by atoms with van der Waals surface area (Å²) in [4.78, 5) is 37.4. The molecule has 2 aromatic carbocycles. The molecule has 0 radical (unpaired) electrons. The van der Waals surface area contributed by atoms with Crippen molar-refractivity contribution in [2.45, 2.75) is 26.3 Å². The van der Waals surface area contributed by atoms with E-state index in [4.69, 9.17) is 0 Å². The first kappa shape index (κ1) is 17.0. The number of hydrogen-bond donors (Lipinski definition) is 2. The number of urea groups is 1. The lowest BCUT2D eigenvalue weighted by atomic mass is 10.0. The van der Waals surface area contributed by atoms with Crippen molar-refractivity contribution in [3.05, 3.63) is 42.5 Å². The van der Waals surface area contributed by atoms with Gasteiger partial charge in [-0.25, -0.2) is 4.79 Å². The fraction of sp³-hybridized carbons (Fsp3) is 0.316. The highest BCUT2D eigenvalue weighted by Gasteiger charge is 2.38. The van der Waals surface area contributed by atoms with Crippen molar-refractivity contribution in [3.8, 4) is 0 Å². The van der Waals surface area contributed by atoms with Crippen LogP contribution in [0.3, 0.4) is 0 Å². The Kier molecular flexibility index (Phi) is 4.70. The summed E-state index contributed by atoms with van der Waals surface area (Å²) in [6, 6.07) is 12.3. The second-order valence-corrected chi connectivity index (χ2v) is 6.67. The zero-order valence-electron chi connectivity index (χ0n) is 14.3. The van der Waals surface area contributed by atoms with Crippen LogP contribution in [0.2, 0.25) is 0 Å². The van der Waals surface area contributed by atoms with E-state index in [9.17, 15) is 14.4 Å². The van der Waals surface area contributed by atoms with Crippen LogP contribution in [0.5, 0.6) is 0 Å². The van der Waals surface area contributed by atoms with Gasteiger partial charge in [0.2, 0.25) is 5.91 Å². The lowest BCUT2D eigenvalue weighted by Gasteiger charge is -2.14. The molecule has 2 aromatic rings. The van der Waals surface area contributed by atoms with E-state index in [2.05, 4.69) is 10.6 Å². The zero-order valence-corrected chi connectivity index (χ0v) is 14.3. The number of imide groups is 1. The van der Waals surface area contributed by atoms with Crippen molar-refractivity contribution in [2.24, 2.45) is 5.92 Å². The molecule has 1 aliphatic heterocycles. The molecular weight excluding hydrogens is 318 g/mol. The molecule has 1 saturated heterocycles. The summed E-state index contributed by atoms with van der Waals surface area (Å²) in [5, 5.41) is 7.46. The Hall–Kier alpha value is -2.89. The largest absolute Gasteiger partial charge is 0.326 e. The van der Waals surface area contributed by atoms with Gasteiger partial charge < -0.3 is 10.6 Å². The first-order valence-electron chi connectivity index (χ1n) is 8.34. The average molecular weight is 339 g/mol. The molecule has 1 heterocycles. The van der Waals surface area contributed by atoms with Gasteiger partial charge in [0.1, 0.15) is 12.6 Å². The average Bonchev–Trinajstić information content (AvgIpc) is 2.81. The topological polar surface area (TPSA) is 78.5 Å². The normalized spacial score (nSPS) is 17.2. The van der Waals surface area contributed by atoms with Crippen LogP contribution in [0.4, 0.5) is 10.5 Å². The van der Waals surface area contributed by atoms with Gasteiger partial charge in [-0.2, -0.15) is 0 Å². The van der Waals surface area contributed by atoms with E-state index in [1.807, 2.05) is 50.2 Å². The van der Waals surface area contributed by atoms with Crippen LogP contribution in [0.25, 0.3) is 10.8 Å². The molecule has 1 atom stereocenters. The predicted octanol–water partition coefficient (Wildman–Crippen LogP) is 2.74. The SMILES string of the molecule is CC(C)C[C@H]1NC(=O)N(CC(=O)Nc2ccc3ccccc3c2)C1=O. The van der Waals surface area contributed by atoms with Gasteiger partial charge in [-0.15, -0.1) is 0 Å². The number of carbonyl (C=O) groups excluding carboxylic acids is 3. The first-order chi connectivity index (χ1) is 11.9. The first-order valence-corrected chi connectivity index (χ1v) is 8.34. The van der Waals surface area contributed by atoms with Crippen molar-refractivity contribution in [3.63, 3.8) is 0 Å². The minimum Gasteiger partial charge on any atom is -0.326 e. The maximum atomic E-state index is 12.3. The fourth-order valence-corrected chi connectivity index (χ4v) is 2.97. The van der Waals surface area contributed by atoms with Crippen LogP contribution < -0.4 is 10.6 Å². The van der Waals surface area contributed by atoms with E-state index in [0.29, 0.717) is 12.1 Å². The molecular formula is C19H21N3O3. The molecule has 6 heteroatoms. The number of nitrogens with zero attached hydrogens (tertiary/aromatic N) is 1. The van der Waals surface area contributed by atoms with Gasteiger partial charge in [0, 0.05) is 5.69 Å². The molecule has 4 amide bonds. The van der Waals surface area contributed by atoms with Gasteiger partial charge in [0.25, 0.3) is 5.91 Å². The second kappa shape index (κ2) is 6.93. The van der Waals surface area contributed by atoms with Gasteiger partial charge in [-0.3, -0.25) is 14.5 Å². The second-order valence-electron chi connectivity index (χ2n) is 6.67. The number of anilines is 1. The smallest absolute Gasteiger partial charge is 0.325 e. The molecule has 3 rings (SSSR count). The van der Waals surface area contributed by atoms with Crippen LogP contribution >= 0.6 is 0 Å². The monoisotopic (exact) mass is 339 g/mol. The highest BCUT2D eigenvalue weighted by molar-refractivity contribution is 6.08. The van der Waals surface area contributed by atoms with Gasteiger partial charge in [0.05, 0.1) is 0 Å². The maximum absolute atomic E-state index is 12.3. The quantitative estimate of drug-likeness (QED) is 0.822. The van der Waals surface area contributed by atoms with Gasteiger partial charge in [0.15, 0.2) is 0 Å². The number of fused-ring (bicyclic) bond motifs is 1. The molecule has 0 aromatic heterocycles. The Bertz CT molecular complexity index is 832. The Labute approximate surface area is 146 Å². The number of carbonyl (C=O) groups is 3. The summed E-state index contributed by atoms with van der Waals surface area (Å²) in [7, 11) is 0. The zero-order chi connectivity index (χ0) is 18.0. The number of rotatable bonds is 5. The highest BCUT2D eigenvalue weighted by atomic mass is 16.2. The molecule has 1 aliphatic rings. The Morgan fingerprint density at radius 3 is 2.60 bits per heavy atom. The molecule has 2 N–H and O–H groups in total. The number of hydrogen-bond acceptors (Lipinski definition) is 3. The molecule has 0 bridgehead atoms. The third-order valence-electron chi connectivity index (χ3n) is 4.15. The summed E-state index contributed by atoms with van der Waals surface area (Å²) >= 11 is 0. The van der Waals surface area contributed by atoms with Crippen molar-refractivity contribution in [1.82, 2.24) is 10.2 Å². The third kappa shape index (κ3) is 3.79. The standard InChI is InChI=1S/C19H21N3O3/c1-12(2)9-16-18(24)22(19(25)21-16)11-17(23)20-15-8-7-13-5-3-4-6-14(13)10-15/h3-8,10,12,16H,9,11H2,1-2H3,(H,20,23)(H,21,25)/t16-/m1/s1. The van der Waals surface area contributed by atoms with Crippen LogP contribution in [0, 0.1) is 5.92 Å². The van der Waals surface area contributed by atoms with Gasteiger partial charge in [-0.1, -0.05) is 44.2 Å². The summed E-state index contributed by atoms with van der Waals surface area (Å²) in [6.07, 6.45) is 0.563. The number of amides is 4. The molecule has 25 heavy (non-hydrogen) atoms. The fourth-order valence-electron chi connectivity index (χ4n) is 2.97. The van der Waals surface area contributed by atoms with Crippen molar-refractivity contribution in [1.29, 1.82) is 0 Å². The molecule has 0 aliphatic carbocycles. The molecule has 6 nitrogen and oxygen atoms in total. The summed E-state index contributed by atoms with van der Waals surface area (Å²) < 4.78 is 0. The lowest BCUT2D eigenvalue weighted by molar-refractivity contribution is -0.131. The third-order valence-corrected chi connectivity index (χ3v) is 4.15. The molecule has 130 valence electrons. The van der Waals surface area contributed by atoms with Crippen molar-refractivity contribution >= 4 is 34.3 Å². The summed E-state index contributed by atoms with van der Waals surface area (Å²) in [5.41, 5.74) is 0.634. The van der Waals surface area contributed by atoms with Gasteiger partial charge in [-0.05, 0) is 35.2 Å². The molecule has 0 unspecified atom stereocenters. The minimum absolute atomic E-state index is 0.278. The maximum Gasteiger partial charge on any atom is 0.325 e. The van der Waals surface area contributed by atoms with Crippen LogP contribution in [-0.4, -0.2) is 35.3 Å². The van der Waals surface area contributed by atoms with Gasteiger partial charge >= 0.3 is 6.03 Å². The number of nitrogens with one attached hydrogen (secondary N) is 2. The van der Waals surface area contributed by atoms with E-state index < -0.39 is 18.0 Å². The van der Waals surface area contributed by atoms with Crippen LogP contribution in [-0.2, 0) is 9.59 Å². The van der Waals surface area contributed by atoms with Crippen molar-refractivity contribution < 1.29 is 14.4 Å². The predicted molar refractivity (Wildman–Crippen MR) is 96.1 cm³/mol. The number of benzene rings is 2. The molecule has 0 spiro atoms. The van der Waals surface area contributed by atoms with E-state index >= 15 is 0 Å². The minimum atomic E-state index is -0.541. The lowest BCUT2D eigenvalue weighted by Crippen LogP contribution is -2.38. The highest BCUT2D eigenvalue weighted by Crippen LogP contribution is 2.19.